The lowest BCUT2D eigenvalue weighted by atomic mass is 10.1. The fourth-order valence-corrected chi connectivity index (χ4v) is 4.80. The molecule has 5 atom stereocenters. The van der Waals surface area contributed by atoms with Crippen molar-refractivity contribution in [2.75, 3.05) is 19.1 Å². The van der Waals surface area contributed by atoms with Crippen molar-refractivity contribution < 1.29 is 37.5 Å². The summed E-state index contributed by atoms with van der Waals surface area (Å²) in [7, 11) is -4.10. The van der Waals surface area contributed by atoms with E-state index >= 15 is 0 Å². The largest absolute Gasteiger partial charge is 0.478 e. The number of halogens is 1. The number of anilines is 1. The Morgan fingerprint density at radius 3 is 3.00 bits per heavy atom. The number of nitrogens with two attached hydrogens (primary N) is 1. The van der Waals surface area contributed by atoms with Gasteiger partial charge in [-0.1, -0.05) is 0 Å². The second-order valence-corrected chi connectivity index (χ2v) is 8.46. The summed E-state index contributed by atoms with van der Waals surface area (Å²) in [5.41, 5.74) is 5.07. The maximum Gasteiger partial charge on any atom is 0.478 e. The molecule has 2 saturated heterocycles. The molecule has 4 rings (SSSR count). The summed E-state index contributed by atoms with van der Waals surface area (Å²) in [4.78, 5) is 33.3. The fourth-order valence-electron chi connectivity index (χ4n) is 2.98. The standard InChI is InChI=1S/C13H15BrN5O9P/c1-4(20)24-3-26-29(23)25-2-5-8(28-29)7(21)11(27-5)19-9-6(16-12(19)14)10(22)18-13(15)17-9/h5,7-8,11,21H,2-3H2,1H3,(H3,15,17,18,22)/t5?,7-,8?,11-,29?/m1/s1. The van der Waals surface area contributed by atoms with E-state index in [-0.39, 0.29) is 28.5 Å². The van der Waals surface area contributed by atoms with Crippen LogP contribution in [0.1, 0.15) is 13.2 Å². The molecule has 2 aliphatic rings. The molecule has 3 unspecified atom stereocenters. The summed E-state index contributed by atoms with van der Waals surface area (Å²) in [6.07, 6.45) is -4.37. The topological polar surface area (TPSA) is 190 Å². The van der Waals surface area contributed by atoms with Gasteiger partial charge in [-0.2, -0.15) is 4.98 Å². The van der Waals surface area contributed by atoms with Crippen molar-refractivity contribution in [1.82, 2.24) is 19.5 Å². The molecule has 2 fully saturated rings. The van der Waals surface area contributed by atoms with E-state index in [1.807, 2.05) is 0 Å². The SMILES string of the molecule is CC(=O)OCOP1(=O)OCC2O[C@@H](n3c(Br)nc4c(=O)[nH]c(N)nc43)[C@H](O)C2O1. The van der Waals surface area contributed by atoms with E-state index in [0.29, 0.717) is 0 Å². The highest BCUT2D eigenvalue weighted by atomic mass is 79.9. The minimum Gasteiger partial charge on any atom is -0.438 e. The van der Waals surface area contributed by atoms with Crippen molar-refractivity contribution in [3.8, 4) is 0 Å². The number of fused-ring (bicyclic) bond motifs is 2. The summed E-state index contributed by atoms with van der Waals surface area (Å²) in [6, 6.07) is 0. The highest BCUT2D eigenvalue weighted by Crippen LogP contribution is 2.56. The lowest BCUT2D eigenvalue weighted by Gasteiger charge is -2.30. The number of nitrogens with zero attached hydrogens (tertiary/aromatic N) is 3. The lowest BCUT2D eigenvalue weighted by molar-refractivity contribution is -0.150. The monoisotopic (exact) mass is 495 g/mol. The summed E-state index contributed by atoms with van der Waals surface area (Å²) in [5, 5.41) is 10.7. The van der Waals surface area contributed by atoms with Gasteiger partial charge in [-0.3, -0.25) is 28.2 Å². The molecule has 158 valence electrons. The Labute approximate surface area is 170 Å². The van der Waals surface area contributed by atoms with Gasteiger partial charge in [0.05, 0.1) is 6.61 Å². The van der Waals surface area contributed by atoms with Gasteiger partial charge >= 0.3 is 13.8 Å². The Bertz CT molecular complexity index is 1070. The van der Waals surface area contributed by atoms with Gasteiger partial charge in [0.25, 0.3) is 5.56 Å². The maximum absolute atomic E-state index is 12.5. The number of hydrogen-bond donors (Lipinski definition) is 3. The molecule has 4 heterocycles. The van der Waals surface area contributed by atoms with Crippen LogP contribution in [-0.2, 0) is 32.4 Å². The van der Waals surface area contributed by atoms with E-state index in [9.17, 15) is 19.3 Å². The number of aliphatic hydroxyl groups is 1. The smallest absolute Gasteiger partial charge is 0.438 e. The molecule has 14 nitrogen and oxygen atoms in total. The van der Waals surface area contributed by atoms with Crippen LogP contribution in [0.5, 0.6) is 0 Å². The van der Waals surface area contributed by atoms with E-state index < -0.39 is 50.7 Å². The van der Waals surface area contributed by atoms with Gasteiger partial charge < -0.3 is 20.3 Å². The zero-order valence-corrected chi connectivity index (χ0v) is 17.2. The van der Waals surface area contributed by atoms with Gasteiger partial charge in [0, 0.05) is 6.92 Å². The van der Waals surface area contributed by atoms with E-state index in [4.69, 9.17) is 24.0 Å². The molecule has 0 aliphatic carbocycles. The molecule has 0 spiro atoms. The number of rotatable bonds is 4. The van der Waals surface area contributed by atoms with Gasteiger partial charge in [0.1, 0.15) is 18.3 Å². The molecule has 0 radical (unpaired) electrons. The molecule has 0 amide bonds. The summed E-state index contributed by atoms with van der Waals surface area (Å²) in [6.45, 7) is 0.278. The summed E-state index contributed by atoms with van der Waals surface area (Å²) in [5.74, 6) is -0.793. The van der Waals surface area contributed by atoms with Gasteiger partial charge in [-0.05, 0) is 15.9 Å². The van der Waals surface area contributed by atoms with E-state index in [1.165, 1.54) is 4.57 Å². The van der Waals surface area contributed by atoms with Crippen LogP contribution in [0.25, 0.3) is 11.2 Å². The number of aromatic amines is 1. The molecule has 2 aliphatic heterocycles. The van der Waals surface area contributed by atoms with Gasteiger partial charge in [-0.15, -0.1) is 0 Å². The minimum absolute atomic E-state index is 0.0238. The summed E-state index contributed by atoms with van der Waals surface area (Å²) < 4.78 is 39.6. The number of carbonyl (C=O) groups is 1. The predicted molar refractivity (Wildman–Crippen MR) is 96.3 cm³/mol. The maximum atomic E-state index is 12.5. The van der Waals surface area contributed by atoms with Crippen molar-refractivity contribution >= 4 is 46.8 Å². The second kappa shape index (κ2) is 7.43. The van der Waals surface area contributed by atoms with Crippen molar-refractivity contribution in [3.63, 3.8) is 0 Å². The van der Waals surface area contributed by atoms with Gasteiger partial charge in [-0.25, -0.2) is 14.1 Å². The Morgan fingerprint density at radius 2 is 2.28 bits per heavy atom. The van der Waals surface area contributed by atoms with Crippen molar-refractivity contribution in [1.29, 1.82) is 0 Å². The predicted octanol–water partition coefficient (Wildman–Crippen LogP) is -0.217. The van der Waals surface area contributed by atoms with Crippen LogP contribution in [-0.4, -0.2) is 62.3 Å². The third kappa shape index (κ3) is 3.70. The first-order valence-electron chi connectivity index (χ1n) is 8.16. The number of aromatic nitrogens is 4. The Morgan fingerprint density at radius 1 is 1.52 bits per heavy atom. The molecule has 0 saturated carbocycles. The normalized spacial score (nSPS) is 31.7. The fraction of sp³-hybridized carbons (Fsp3) is 0.538. The molecule has 2 aromatic heterocycles. The number of carbonyl (C=O) groups excluding carboxylic acids is 1. The third-order valence-electron chi connectivity index (χ3n) is 4.21. The van der Waals surface area contributed by atoms with E-state index in [0.717, 1.165) is 6.92 Å². The first kappa shape index (κ1) is 20.4. The number of phosphoric acid groups is 1. The van der Waals surface area contributed by atoms with Gasteiger partial charge in [0.2, 0.25) is 12.7 Å². The average Bonchev–Trinajstić information content (AvgIpc) is 3.11. The molecule has 0 bridgehead atoms. The first-order chi connectivity index (χ1) is 13.7. The molecule has 29 heavy (non-hydrogen) atoms. The van der Waals surface area contributed by atoms with Crippen molar-refractivity contribution in [3.05, 3.63) is 15.1 Å². The molecule has 16 heteroatoms. The highest BCUT2D eigenvalue weighted by Gasteiger charge is 2.54. The molecule has 4 N–H and O–H groups in total. The minimum atomic E-state index is -4.10. The van der Waals surface area contributed by atoms with Gasteiger partial charge in [0.15, 0.2) is 22.1 Å². The zero-order valence-electron chi connectivity index (χ0n) is 14.7. The summed E-state index contributed by atoms with van der Waals surface area (Å²) >= 11 is 3.20. The molecular formula is C13H15BrN5O9P. The van der Waals surface area contributed by atoms with Crippen molar-refractivity contribution in [2.45, 2.75) is 31.5 Å². The Balaban J connectivity index is 1.60. The number of H-pyrrole nitrogens is 1. The lowest BCUT2D eigenvalue weighted by Crippen LogP contribution is -2.39. The van der Waals surface area contributed by atoms with E-state index in [2.05, 4.69) is 35.6 Å². The molecular weight excluding hydrogens is 481 g/mol. The van der Waals surface area contributed by atoms with Crippen LogP contribution in [0.15, 0.2) is 9.53 Å². The van der Waals surface area contributed by atoms with Crippen LogP contribution in [0.2, 0.25) is 0 Å². The molecule has 2 aromatic rings. The number of ether oxygens (including phenoxy) is 2. The highest BCUT2D eigenvalue weighted by molar-refractivity contribution is 9.10. The van der Waals surface area contributed by atoms with Crippen LogP contribution in [0, 0.1) is 0 Å². The van der Waals surface area contributed by atoms with Crippen LogP contribution >= 0.6 is 23.8 Å². The number of nitrogen functional groups attached to an aromatic ring is 1. The quantitative estimate of drug-likeness (QED) is 0.219. The first-order valence-corrected chi connectivity index (χ1v) is 10.4. The Kier molecular flexibility index (Phi) is 5.23. The van der Waals surface area contributed by atoms with Crippen molar-refractivity contribution in [2.24, 2.45) is 0 Å². The second-order valence-electron chi connectivity index (χ2n) is 6.13. The number of phosphoric ester groups is 1. The number of aliphatic hydroxyl groups excluding tert-OH is 1. The zero-order chi connectivity index (χ0) is 20.9. The van der Waals surface area contributed by atoms with Crippen LogP contribution < -0.4 is 11.3 Å². The number of nitrogens with one attached hydrogen (secondary N) is 1. The number of esters is 1. The van der Waals surface area contributed by atoms with Crippen LogP contribution in [0.3, 0.4) is 0 Å². The number of hydrogen-bond acceptors (Lipinski definition) is 12. The molecule has 0 aromatic carbocycles. The Hall–Kier alpha value is -1.87. The third-order valence-corrected chi connectivity index (χ3v) is 6.16. The average molecular weight is 496 g/mol. The van der Waals surface area contributed by atoms with E-state index in [1.54, 1.807) is 0 Å². The number of imidazole rings is 1. The van der Waals surface area contributed by atoms with Crippen LogP contribution in [0.4, 0.5) is 5.95 Å².